The van der Waals surface area contributed by atoms with Crippen molar-refractivity contribution in [2.24, 2.45) is 7.05 Å². The zero-order valence-corrected chi connectivity index (χ0v) is 13.2. The van der Waals surface area contributed by atoms with Crippen LogP contribution in [0.25, 0.3) is 11.1 Å². The van der Waals surface area contributed by atoms with Crippen LogP contribution in [0.4, 0.5) is 0 Å². The summed E-state index contributed by atoms with van der Waals surface area (Å²) in [6, 6.07) is 17.7. The van der Waals surface area contributed by atoms with Gasteiger partial charge >= 0.3 is 0 Å². The lowest BCUT2D eigenvalue weighted by Gasteiger charge is -2.12. The number of aryl methyl sites for hydroxylation is 1. The Labute approximate surface area is 135 Å². The number of benzene rings is 2. The van der Waals surface area contributed by atoms with Gasteiger partial charge in [-0.05, 0) is 30.2 Å². The molecule has 1 N–H and O–H groups in total. The van der Waals surface area contributed by atoms with Crippen LogP contribution in [-0.4, -0.2) is 15.7 Å². The van der Waals surface area contributed by atoms with Gasteiger partial charge in [-0.3, -0.25) is 9.48 Å². The second-order valence-electron chi connectivity index (χ2n) is 5.59. The predicted octanol–water partition coefficient (Wildman–Crippen LogP) is 3.58. The normalized spacial score (nSPS) is 11.9. The Balaban J connectivity index is 1.70. The predicted molar refractivity (Wildman–Crippen MR) is 91.0 cm³/mol. The average Bonchev–Trinajstić information content (AvgIpc) is 3.02. The van der Waals surface area contributed by atoms with Gasteiger partial charge in [-0.1, -0.05) is 42.5 Å². The first-order valence-electron chi connectivity index (χ1n) is 7.58. The third-order valence-corrected chi connectivity index (χ3v) is 3.83. The molecule has 0 aliphatic heterocycles. The second-order valence-corrected chi connectivity index (χ2v) is 5.59. The van der Waals surface area contributed by atoms with Crippen LogP contribution in [0.1, 0.15) is 28.9 Å². The van der Waals surface area contributed by atoms with Crippen molar-refractivity contribution in [3.63, 3.8) is 0 Å². The van der Waals surface area contributed by atoms with E-state index in [1.807, 2.05) is 62.6 Å². The molecular weight excluding hydrogens is 286 g/mol. The first kappa shape index (κ1) is 15.0. The van der Waals surface area contributed by atoms with Crippen molar-refractivity contribution < 1.29 is 4.79 Å². The maximum absolute atomic E-state index is 12.3. The summed E-state index contributed by atoms with van der Waals surface area (Å²) >= 11 is 0. The van der Waals surface area contributed by atoms with Gasteiger partial charge in [0, 0.05) is 24.4 Å². The quantitative estimate of drug-likeness (QED) is 0.801. The molecule has 0 aliphatic carbocycles. The molecule has 2 aromatic carbocycles. The fourth-order valence-corrected chi connectivity index (χ4v) is 2.47. The lowest BCUT2D eigenvalue weighted by atomic mass is 10.0. The van der Waals surface area contributed by atoms with Crippen molar-refractivity contribution in [3.8, 4) is 11.1 Å². The summed E-state index contributed by atoms with van der Waals surface area (Å²) in [4.78, 5) is 12.3. The smallest absolute Gasteiger partial charge is 0.251 e. The topological polar surface area (TPSA) is 46.9 Å². The van der Waals surface area contributed by atoms with E-state index in [1.165, 1.54) is 0 Å². The van der Waals surface area contributed by atoms with Gasteiger partial charge in [-0.2, -0.15) is 5.10 Å². The van der Waals surface area contributed by atoms with Crippen LogP contribution in [0.5, 0.6) is 0 Å². The summed E-state index contributed by atoms with van der Waals surface area (Å²) in [5.41, 5.74) is 3.88. The van der Waals surface area contributed by atoms with Crippen molar-refractivity contribution in [2.75, 3.05) is 0 Å². The van der Waals surface area contributed by atoms with Crippen LogP contribution in [0.2, 0.25) is 0 Å². The van der Waals surface area contributed by atoms with Crippen molar-refractivity contribution in [3.05, 3.63) is 78.1 Å². The highest BCUT2D eigenvalue weighted by molar-refractivity contribution is 5.94. The van der Waals surface area contributed by atoms with E-state index in [4.69, 9.17) is 0 Å². The molecule has 0 saturated heterocycles. The van der Waals surface area contributed by atoms with E-state index in [-0.39, 0.29) is 11.9 Å². The number of amides is 1. The number of carbonyl (C=O) groups excluding carboxylic acids is 1. The molecule has 3 aromatic rings. The van der Waals surface area contributed by atoms with E-state index in [0.29, 0.717) is 5.56 Å². The molecular formula is C19H19N3O. The molecule has 0 saturated carbocycles. The number of nitrogens with one attached hydrogen (secondary N) is 1. The minimum absolute atomic E-state index is 0.0787. The van der Waals surface area contributed by atoms with Crippen LogP contribution < -0.4 is 5.32 Å². The van der Waals surface area contributed by atoms with E-state index in [0.717, 1.165) is 16.7 Å². The Morgan fingerprint density at radius 1 is 1.04 bits per heavy atom. The number of carbonyl (C=O) groups is 1. The molecule has 0 bridgehead atoms. The SMILES string of the molecule is CC(NC(=O)c1ccc(-c2ccccc2)cc1)c1cnn(C)c1. The Morgan fingerprint density at radius 2 is 1.70 bits per heavy atom. The minimum Gasteiger partial charge on any atom is -0.345 e. The molecule has 3 rings (SSSR count). The Hall–Kier alpha value is -2.88. The fourth-order valence-electron chi connectivity index (χ4n) is 2.47. The summed E-state index contributed by atoms with van der Waals surface area (Å²) in [5.74, 6) is -0.0824. The minimum atomic E-state index is -0.0824. The van der Waals surface area contributed by atoms with Crippen molar-refractivity contribution in [1.29, 1.82) is 0 Å². The largest absolute Gasteiger partial charge is 0.345 e. The average molecular weight is 305 g/mol. The first-order chi connectivity index (χ1) is 11.1. The van der Waals surface area contributed by atoms with E-state index in [2.05, 4.69) is 22.5 Å². The lowest BCUT2D eigenvalue weighted by molar-refractivity contribution is 0.0940. The highest BCUT2D eigenvalue weighted by Crippen LogP contribution is 2.19. The van der Waals surface area contributed by atoms with Gasteiger partial charge in [0.2, 0.25) is 0 Å². The Kier molecular flexibility index (Phi) is 4.24. The summed E-state index contributed by atoms with van der Waals surface area (Å²) in [7, 11) is 1.86. The zero-order chi connectivity index (χ0) is 16.2. The number of hydrogen-bond donors (Lipinski definition) is 1. The van der Waals surface area contributed by atoms with Crippen LogP contribution >= 0.6 is 0 Å². The van der Waals surface area contributed by atoms with E-state index in [9.17, 15) is 4.79 Å². The summed E-state index contributed by atoms with van der Waals surface area (Å²) in [6.45, 7) is 1.95. The van der Waals surface area contributed by atoms with E-state index < -0.39 is 0 Å². The third kappa shape index (κ3) is 3.48. The van der Waals surface area contributed by atoms with Crippen molar-refractivity contribution in [2.45, 2.75) is 13.0 Å². The van der Waals surface area contributed by atoms with Crippen molar-refractivity contribution in [1.82, 2.24) is 15.1 Å². The maximum atomic E-state index is 12.3. The number of aromatic nitrogens is 2. The van der Waals surface area contributed by atoms with Gasteiger partial charge in [0.15, 0.2) is 0 Å². The summed E-state index contributed by atoms with van der Waals surface area (Å²) in [5, 5.41) is 7.12. The molecule has 4 nitrogen and oxygen atoms in total. The second kappa shape index (κ2) is 6.48. The molecule has 4 heteroatoms. The van der Waals surface area contributed by atoms with Gasteiger partial charge in [0.25, 0.3) is 5.91 Å². The van der Waals surface area contributed by atoms with Gasteiger partial charge in [-0.15, -0.1) is 0 Å². The monoisotopic (exact) mass is 305 g/mol. The van der Waals surface area contributed by atoms with Crippen LogP contribution in [0, 0.1) is 0 Å². The van der Waals surface area contributed by atoms with Crippen LogP contribution in [0.3, 0.4) is 0 Å². The first-order valence-corrected chi connectivity index (χ1v) is 7.58. The maximum Gasteiger partial charge on any atom is 0.251 e. The van der Waals surface area contributed by atoms with Gasteiger partial charge < -0.3 is 5.32 Å². The number of hydrogen-bond acceptors (Lipinski definition) is 2. The molecule has 0 spiro atoms. The Morgan fingerprint density at radius 3 is 2.30 bits per heavy atom. The summed E-state index contributed by atoms with van der Waals surface area (Å²) in [6.07, 6.45) is 3.67. The summed E-state index contributed by atoms with van der Waals surface area (Å²) < 4.78 is 1.73. The van der Waals surface area contributed by atoms with E-state index in [1.54, 1.807) is 10.9 Å². The molecule has 1 amide bonds. The van der Waals surface area contributed by atoms with E-state index >= 15 is 0 Å². The molecule has 1 unspecified atom stereocenters. The number of nitrogens with zero attached hydrogens (tertiary/aromatic N) is 2. The van der Waals surface area contributed by atoms with Gasteiger partial charge in [0.1, 0.15) is 0 Å². The third-order valence-electron chi connectivity index (χ3n) is 3.83. The standard InChI is InChI=1S/C19H19N3O/c1-14(18-12-20-22(2)13-18)21-19(23)17-10-8-16(9-11-17)15-6-4-3-5-7-15/h3-14H,1-2H3,(H,21,23). The fraction of sp³-hybridized carbons (Fsp3) is 0.158. The highest BCUT2D eigenvalue weighted by Gasteiger charge is 2.12. The zero-order valence-electron chi connectivity index (χ0n) is 13.2. The number of rotatable bonds is 4. The van der Waals surface area contributed by atoms with Crippen LogP contribution in [-0.2, 0) is 7.05 Å². The molecule has 0 fully saturated rings. The van der Waals surface area contributed by atoms with Gasteiger partial charge in [-0.25, -0.2) is 0 Å². The van der Waals surface area contributed by atoms with Crippen LogP contribution in [0.15, 0.2) is 67.0 Å². The molecule has 1 heterocycles. The molecule has 1 atom stereocenters. The molecule has 0 radical (unpaired) electrons. The highest BCUT2D eigenvalue weighted by atomic mass is 16.1. The van der Waals surface area contributed by atoms with Crippen molar-refractivity contribution >= 4 is 5.91 Å². The molecule has 23 heavy (non-hydrogen) atoms. The molecule has 116 valence electrons. The lowest BCUT2D eigenvalue weighted by Crippen LogP contribution is -2.26. The molecule has 0 aliphatic rings. The molecule has 1 aromatic heterocycles. The van der Waals surface area contributed by atoms with Gasteiger partial charge in [0.05, 0.1) is 12.2 Å². The Bertz CT molecular complexity index is 791.